The largest absolute Gasteiger partial charge is 0.391 e. The fourth-order valence-electron chi connectivity index (χ4n) is 2.77. The minimum Gasteiger partial charge on any atom is -0.358 e. The molecule has 0 bridgehead atoms. The summed E-state index contributed by atoms with van der Waals surface area (Å²) < 4.78 is 37.8. The van der Waals surface area contributed by atoms with E-state index in [9.17, 15) is 18.0 Å². The van der Waals surface area contributed by atoms with Crippen molar-refractivity contribution in [1.29, 1.82) is 0 Å². The van der Waals surface area contributed by atoms with Crippen molar-refractivity contribution in [2.24, 2.45) is 11.8 Å². The fourth-order valence-corrected chi connectivity index (χ4v) is 2.77. The van der Waals surface area contributed by atoms with Gasteiger partial charge in [-0.15, -0.1) is 0 Å². The highest BCUT2D eigenvalue weighted by Gasteiger charge is 2.41. The molecule has 1 fully saturated rings. The van der Waals surface area contributed by atoms with Crippen molar-refractivity contribution in [2.75, 3.05) is 7.05 Å². The Labute approximate surface area is 118 Å². The van der Waals surface area contributed by atoms with E-state index in [1.807, 2.05) is 13.8 Å². The Morgan fingerprint density at radius 3 is 2.15 bits per heavy atom. The first kappa shape index (κ1) is 17.3. The predicted octanol–water partition coefficient (Wildman–Crippen LogP) is 2.86. The van der Waals surface area contributed by atoms with Crippen molar-refractivity contribution in [3.8, 4) is 0 Å². The van der Waals surface area contributed by atoms with E-state index >= 15 is 0 Å². The number of amides is 1. The molecule has 0 aliphatic heterocycles. The molecule has 20 heavy (non-hydrogen) atoms. The maximum absolute atomic E-state index is 12.6. The second-order valence-electron chi connectivity index (χ2n) is 6.05. The minimum atomic E-state index is -4.08. The van der Waals surface area contributed by atoms with Crippen molar-refractivity contribution in [3.05, 3.63) is 0 Å². The zero-order valence-corrected chi connectivity index (χ0v) is 12.4. The molecule has 0 radical (unpaired) electrons. The SMILES string of the molecule is CNC(=O)C(CC(C)C)NC1CCC(C(F)(F)F)CC1. The summed E-state index contributed by atoms with van der Waals surface area (Å²) in [5.74, 6) is -0.906. The number of halogens is 3. The number of hydrogen-bond donors (Lipinski definition) is 2. The molecule has 3 nitrogen and oxygen atoms in total. The Balaban J connectivity index is 2.49. The lowest BCUT2D eigenvalue weighted by atomic mass is 9.85. The van der Waals surface area contributed by atoms with Gasteiger partial charge in [-0.2, -0.15) is 13.2 Å². The zero-order valence-electron chi connectivity index (χ0n) is 12.4. The molecular formula is C14H25F3N2O. The van der Waals surface area contributed by atoms with Crippen LogP contribution in [0.4, 0.5) is 13.2 Å². The van der Waals surface area contributed by atoms with Gasteiger partial charge in [0.15, 0.2) is 0 Å². The lowest BCUT2D eigenvalue weighted by Crippen LogP contribution is -2.49. The highest BCUT2D eigenvalue weighted by atomic mass is 19.4. The van der Waals surface area contributed by atoms with E-state index in [1.54, 1.807) is 7.05 Å². The van der Waals surface area contributed by atoms with E-state index in [0.717, 1.165) is 0 Å². The predicted molar refractivity (Wildman–Crippen MR) is 72.2 cm³/mol. The number of rotatable bonds is 5. The monoisotopic (exact) mass is 294 g/mol. The molecule has 118 valence electrons. The van der Waals surface area contributed by atoms with Crippen molar-refractivity contribution >= 4 is 5.91 Å². The van der Waals surface area contributed by atoms with E-state index in [1.165, 1.54) is 0 Å². The summed E-state index contributed by atoms with van der Waals surface area (Å²) in [7, 11) is 1.58. The molecule has 0 aromatic heterocycles. The lowest BCUT2D eigenvalue weighted by Gasteiger charge is -2.33. The molecule has 0 aromatic carbocycles. The van der Waals surface area contributed by atoms with Crippen molar-refractivity contribution in [1.82, 2.24) is 10.6 Å². The average Bonchev–Trinajstić information content (AvgIpc) is 2.36. The fraction of sp³-hybridized carbons (Fsp3) is 0.929. The minimum absolute atomic E-state index is 0.00894. The first-order valence-corrected chi connectivity index (χ1v) is 7.28. The van der Waals surface area contributed by atoms with E-state index in [4.69, 9.17) is 0 Å². The number of carbonyl (C=O) groups excluding carboxylic acids is 1. The summed E-state index contributed by atoms with van der Waals surface area (Å²) in [6, 6.07) is -0.304. The standard InChI is InChI=1S/C14H25F3N2O/c1-9(2)8-12(13(20)18-3)19-11-6-4-10(5-7-11)14(15,16)17/h9-12,19H,4-8H2,1-3H3,(H,18,20). The topological polar surface area (TPSA) is 41.1 Å². The van der Waals surface area contributed by atoms with Gasteiger partial charge in [-0.25, -0.2) is 0 Å². The van der Waals surface area contributed by atoms with Crippen LogP contribution in [0.25, 0.3) is 0 Å². The summed E-state index contributed by atoms with van der Waals surface area (Å²) >= 11 is 0. The maximum Gasteiger partial charge on any atom is 0.391 e. The smallest absolute Gasteiger partial charge is 0.358 e. The molecule has 1 saturated carbocycles. The van der Waals surface area contributed by atoms with E-state index in [0.29, 0.717) is 25.2 Å². The second kappa shape index (κ2) is 7.29. The zero-order chi connectivity index (χ0) is 15.3. The van der Waals surface area contributed by atoms with Crippen LogP contribution in [0.3, 0.4) is 0 Å². The van der Waals surface area contributed by atoms with Gasteiger partial charge in [-0.05, 0) is 38.0 Å². The molecule has 2 N–H and O–H groups in total. The van der Waals surface area contributed by atoms with Crippen LogP contribution in [0.5, 0.6) is 0 Å². The Morgan fingerprint density at radius 2 is 1.75 bits per heavy atom. The highest BCUT2D eigenvalue weighted by Crippen LogP contribution is 2.37. The molecule has 0 aromatic rings. The second-order valence-corrected chi connectivity index (χ2v) is 6.05. The molecule has 1 unspecified atom stereocenters. The molecule has 1 rings (SSSR count). The van der Waals surface area contributed by atoms with Crippen LogP contribution in [0, 0.1) is 11.8 Å². The van der Waals surface area contributed by atoms with Gasteiger partial charge in [0.2, 0.25) is 5.91 Å². The van der Waals surface area contributed by atoms with Crippen LogP contribution < -0.4 is 10.6 Å². The van der Waals surface area contributed by atoms with Gasteiger partial charge in [0.05, 0.1) is 12.0 Å². The highest BCUT2D eigenvalue weighted by molar-refractivity contribution is 5.81. The molecule has 1 atom stereocenters. The summed E-state index contributed by atoms with van der Waals surface area (Å²) in [5.41, 5.74) is 0. The number of carbonyl (C=O) groups is 1. The summed E-state index contributed by atoms with van der Waals surface area (Å²) in [6.45, 7) is 4.05. The van der Waals surface area contributed by atoms with Gasteiger partial charge in [0.1, 0.15) is 0 Å². The maximum atomic E-state index is 12.6. The molecular weight excluding hydrogens is 269 g/mol. The molecule has 0 saturated heterocycles. The third-order valence-corrected chi connectivity index (χ3v) is 3.90. The Kier molecular flexibility index (Phi) is 6.30. The van der Waals surface area contributed by atoms with E-state index < -0.39 is 12.1 Å². The average molecular weight is 294 g/mol. The van der Waals surface area contributed by atoms with E-state index in [2.05, 4.69) is 10.6 Å². The Hall–Kier alpha value is -0.780. The summed E-state index contributed by atoms with van der Waals surface area (Å²) in [5, 5.41) is 5.84. The lowest BCUT2D eigenvalue weighted by molar-refractivity contribution is -0.183. The van der Waals surface area contributed by atoms with Crippen LogP contribution in [0.1, 0.15) is 46.0 Å². The Bertz CT molecular complexity index is 310. The van der Waals surface area contributed by atoms with Crippen LogP contribution in [-0.2, 0) is 4.79 Å². The van der Waals surface area contributed by atoms with Crippen molar-refractivity contribution < 1.29 is 18.0 Å². The normalized spacial score (nSPS) is 25.6. The van der Waals surface area contributed by atoms with E-state index in [-0.39, 0.29) is 30.8 Å². The van der Waals surface area contributed by atoms with Crippen LogP contribution in [0.15, 0.2) is 0 Å². The Morgan fingerprint density at radius 1 is 1.20 bits per heavy atom. The molecule has 6 heteroatoms. The van der Waals surface area contributed by atoms with Gasteiger partial charge >= 0.3 is 6.18 Å². The van der Waals surface area contributed by atoms with Crippen LogP contribution >= 0.6 is 0 Å². The molecule has 1 amide bonds. The molecule has 0 heterocycles. The molecule has 1 aliphatic carbocycles. The first-order valence-electron chi connectivity index (χ1n) is 7.28. The van der Waals surface area contributed by atoms with Crippen molar-refractivity contribution in [3.63, 3.8) is 0 Å². The van der Waals surface area contributed by atoms with Gasteiger partial charge in [0, 0.05) is 13.1 Å². The van der Waals surface area contributed by atoms with Gasteiger partial charge in [0.25, 0.3) is 0 Å². The van der Waals surface area contributed by atoms with Gasteiger partial charge in [-0.1, -0.05) is 13.8 Å². The number of likely N-dealkylation sites (N-methyl/N-ethyl adjacent to an activating group) is 1. The molecule has 0 spiro atoms. The number of alkyl halides is 3. The molecule has 1 aliphatic rings. The summed E-state index contributed by atoms with van der Waals surface area (Å²) in [4.78, 5) is 11.8. The van der Waals surface area contributed by atoms with Crippen molar-refractivity contribution in [2.45, 2.75) is 64.2 Å². The number of nitrogens with one attached hydrogen (secondary N) is 2. The van der Waals surface area contributed by atoms with Gasteiger partial charge < -0.3 is 10.6 Å². The van der Waals surface area contributed by atoms with Crippen LogP contribution in [-0.4, -0.2) is 31.2 Å². The first-order chi connectivity index (χ1) is 9.24. The third kappa shape index (κ3) is 5.31. The quantitative estimate of drug-likeness (QED) is 0.818. The third-order valence-electron chi connectivity index (χ3n) is 3.90. The number of hydrogen-bond acceptors (Lipinski definition) is 2. The summed E-state index contributed by atoms with van der Waals surface area (Å²) in [6.07, 6.45) is -2.11. The van der Waals surface area contributed by atoms with Crippen LogP contribution in [0.2, 0.25) is 0 Å². The van der Waals surface area contributed by atoms with Gasteiger partial charge in [-0.3, -0.25) is 4.79 Å².